The van der Waals surface area contributed by atoms with Gasteiger partial charge in [-0.05, 0) is 30.6 Å². The molecule has 2 aromatic rings. The number of nitrogens with zero attached hydrogens (tertiary/aromatic N) is 2. The smallest absolute Gasteiger partial charge is 0.368 e. The molecule has 1 atom stereocenters. The lowest BCUT2D eigenvalue weighted by Gasteiger charge is -2.29. The number of halogens is 3. The lowest BCUT2D eigenvalue weighted by atomic mass is 10.1. The van der Waals surface area contributed by atoms with Crippen molar-refractivity contribution in [1.29, 1.82) is 0 Å². The second kappa shape index (κ2) is 11.5. The van der Waals surface area contributed by atoms with Crippen LogP contribution in [0.25, 0.3) is 0 Å². The fourth-order valence-electron chi connectivity index (χ4n) is 2.89. The van der Waals surface area contributed by atoms with E-state index in [1.165, 1.54) is 17.3 Å². The van der Waals surface area contributed by atoms with Gasteiger partial charge in [-0.2, -0.15) is 24.9 Å². The number of carbonyl (C=O) groups excluding carboxylic acids is 3. The molecular weight excluding hydrogens is 433 g/mol. The number of carbonyl (C=O) groups is 3. The summed E-state index contributed by atoms with van der Waals surface area (Å²) in [6.07, 6.45) is -1.02. The highest BCUT2D eigenvalue weighted by Gasteiger charge is 2.37. The normalized spacial score (nSPS) is 12.4. The lowest BCUT2D eigenvalue weighted by molar-refractivity contribution is -0.167. The number of hydrogen-bond donors (Lipinski definition) is 2. The molecule has 0 saturated heterocycles. The van der Waals surface area contributed by atoms with Crippen LogP contribution in [0.3, 0.4) is 0 Å². The third-order valence-electron chi connectivity index (χ3n) is 4.47. The van der Waals surface area contributed by atoms with Gasteiger partial charge in [0.05, 0.1) is 5.75 Å². The average Bonchev–Trinajstić information content (AvgIpc) is 3.26. The summed E-state index contributed by atoms with van der Waals surface area (Å²) in [5, 5.41) is 0. The summed E-state index contributed by atoms with van der Waals surface area (Å²) in [5.41, 5.74) is 6.51. The third kappa shape index (κ3) is 7.74. The van der Waals surface area contributed by atoms with Crippen molar-refractivity contribution in [3.63, 3.8) is 0 Å². The first kappa shape index (κ1) is 24.4. The van der Waals surface area contributed by atoms with Gasteiger partial charge in [-0.25, -0.2) is 4.98 Å². The van der Waals surface area contributed by atoms with Gasteiger partial charge in [0.1, 0.15) is 6.04 Å². The number of aromatic amines is 1. The minimum Gasteiger partial charge on any atom is -0.368 e. The van der Waals surface area contributed by atoms with Crippen LogP contribution in [0.2, 0.25) is 0 Å². The Bertz CT molecular complexity index is 860. The molecule has 0 bridgehead atoms. The first-order chi connectivity index (χ1) is 14.7. The highest BCUT2D eigenvalue weighted by atomic mass is 32.2. The van der Waals surface area contributed by atoms with Crippen molar-refractivity contribution in [3.8, 4) is 0 Å². The van der Waals surface area contributed by atoms with E-state index in [1.807, 2.05) is 30.3 Å². The van der Waals surface area contributed by atoms with Crippen LogP contribution in [0.15, 0.2) is 42.7 Å². The number of amides is 2. The van der Waals surface area contributed by atoms with Crippen LogP contribution in [-0.4, -0.2) is 62.7 Å². The number of alkyl halides is 3. The summed E-state index contributed by atoms with van der Waals surface area (Å²) in [4.78, 5) is 43.9. The summed E-state index contributed by atoms with van der Waals surface area (Å²) in [6.45, 7) is 0.205. The number of H-pyrrole nitrogens is 1. The van der Waals surface area contributed by atoms with Crippen molar-refractivity contribution in [1.82, 2.24) is 14.9 Å². The number of ketones is 1. The van der Waals surface area contributed by atoms with Crippen LogP contribution in [0.4, 0.5) is 13.2 Å². The fraction of sp³-hybridized carbons (Fsp3) is 0.400. The molecule has 2 rings (SSSR count). The number of primary amides is 1. The van der Waals surface area contributed by atoms with Crippen LogP contribution in [0, 0.1) is 0 Å². The molecule has 2 amide bonds. The van der Waals surface area contributed by atoms with E-state index in [0.29, 0.717) is 12.8 Å². The van der Waals surface area contributed by atoms with E-state index in [0.717, 1.165) is 17.3 Å². The van der Waals surface area contributed by atoms with Gasteiger partial charge in [0.15, 0.2) is 5.82 Å². The van der Waals surface area contributed by atoms with Crippen molar-refractivity contribution in [3.05, 3.63) is 54.1 Å². The van der Waals surface area contributed by atoms with Gasteiger partial charge in [-0.3, -0.25) is 14.4 Å². The Hall–Kier alpha value is -2.82. The zero-order chi connectivity index (χ0) is 22.9. The second-order valence-electron chi connectivity index (χ2n) is 6.71. The molecule has 1 heterocycles. The maximum atomic E-state index is 12.9. The largest absolute Gasteiger partial charge is 0.450 e. The first-order valence-electron chi connectivity index (χ1n) is 9.51. The number of thioether (sulfide) groups is 1. The number of nitrogens with one attached hydrogen (secondary N) is 1. The van der Waals surface area contributed by atoms with Crippen LogP contribution in [0.1, 0.15) is 29.0 Å². The monoisotopic (exact) mass is 456 g/mol. The summed E-state index contributed by atoms with van der Waals surface area (Å²) in [5.74, 6) is -3.43. The molecule has 0 unspecified atom stereocenters. The first-order valence-corrected chi connectivity index (χ1v) is 10.7. The Balaban J connectivity index is 2.02. The predicted octanol–water partition coefficient (Wildman–Crippen LogP) is 2.59. The Labute approximate surface area is 181 Å². The fourth-order valence-corrected chi connectivity index (χ4v) is 3.75. The van der Waals surface area contributed by atoms with Crippen LogP contribution in [0.5, 0.6) is 0 Å². The molecule has 7 nitrogen and oxygen atoms in total. The maximum absolute atomic E-state index is 12.9. The van der Waals surface area contributed by atoms with E-state index in [2.05, 4.69) is 9.97 Å². The Kier molecular flexibility index (Phi) is 9.10. The molecule has 1 aromatic heterocycles. The number of benzene rings is 1. The molecule has 0 aliphatic rings. The van der Waals surface area contributed by atoms with Gasteiger partial charge in [0, 0.05) is 18.9 Å². The second-order valence-corrected chi connectivity index (χ2v) is 7.81. The van der Waals surface area contributed by atoms with Crippen LogP contribution >= 0.6 is 11.8 Å². The minimum absolute atomic E-state index is 0.0597. The van der Waals surface area contributed by atoms with Crippen LogP contribution in [-0.2, 0) is 16.0 Å². The summed E-state index contributed by atoms with van der Waals surface area (Å²) in [7, 11) is 0. The average molecular weight is 456 g/mol. The van der Waals surface area contributed by atoms with Gasteiger partial charge in [-0.15, -0.1) is 0 Å². The Morgan fingerprint density at radius 1 is 1.19 bits per heavy atom. The summed E-state index contributed by atoms with van der Waals surface area (Å²) in [6, 6.07) is 8.41. The quantitative estimate of drug-likeness (QED) is 0.477. The van der Waals surface area contributed by atoms with Gasteiger partial charge >= 0.3 is 6.18 Å². The minimum atomic E-state index is -4.85. The van der Waals surface area contributed by atoms with E-state index in [4.69, 9.17) is 5.73 Å². The molecule has 0 radical (unpaired) electrons. The van der Waals surface area contributed by atoms with Crippen molar-refractivity contribution < 1.29 is 27.6 Å². The summed E-state index contributed by atoms with van der Waals surface area (Å²) < 4.78 is 36.8. The van der Waals surface area contributed by atoms with Crippen LogP contribution < -0.4 is 5.73 Å². The number of nitrogens with two attached hydrogens (primary N) is 1. The van der Waals surface area contributed by atoms with Crippen molar-refractivity contribution in [2.75, 3.05) is 18.1 Å². The Morgan fingerprint density at radius 3 is 2.48 bits per heavy atom. The van der Waals surface area contributed by atoms with E-state index < -0.39 is 35.6 Å². The number of hydrogen-bond acceptors (Lipinski definition) is 5. The zero-order valence-electron chi connectivity index (χ0n) is 16.6. The standard InChI is InChI=1S/C20H23F3N4O3S/c21-20(22,23)16(28)13-31-12-4-7-15(17(24)29)27(19(30)18-25-9-10-26-18)11-8-14-5-2-1-3-6-14/h1-3,5-6,9-10,15H,4,7-8,11-13H2,(H2,24,29)(H,25,26)/t15-/m0/s1. The molecule has 0 spiro atoms. The number of imidazole rings is 1. The van der Waals surface area contributed by atoms with E-state index >= 15 is 0 Å². The van der Waals surface area contributed by atoms with Gasteiger partial charge in [0.2, 0.25) is 11.7 Å². The van der Waals surface area contributed by atoms with Crippen molar-refractivity contribution in [2.45, 2.75) is 31.5 Å². The molecule has 3 N–H and O–H groups in total. The number of Topliss-reactive ketones (excluding diaryl/α,β-unsaturated/α-hetero) is 1. The number of rotatable bonds is 12. The molecule has 0 aliphatic carbocycles. The van der Waals surface area contributed by atoms with E-state index in [1.54, 1.807) is 0 Å². The van der Waals surface area contributed by atoms with Gasteiger partial charge in [-0.1, -0.05) is 30.3 Å². The SMILES string of the molecule is NC(=O)[C@H](CCCSCC(=O)C(F)(F)F)N(CCc1ccccc1)C(=O)c1ncc[nH]1. The third-order valence-corrected chi connectivity index (χ3v) is 5.51. The molecule has 31 heavy (non-hydrogen) atoms. The predicted molar refractivity (Wildman–Crippen MR) is 110 cm³/mol. The van der Waals surface area contributed by atoms with Gasteiger partial charge in [0.25, 0.3) is 5.91 Å². The zero-order valence-corrected chi connectivity index (χ0v) is 17.4. The van der Waals surface area contributed by atoms with E-state index in [-0.39, 0.29) is 24.5 Å². The summed E-state index contributed by atoms with van der Waals surface area (Å²) >= 11 is 0.826. The molecule has 168 valence electrons. The topological polar surface area (TPSA) is 109 Å². The molecule has 0 fully saturated rings. The molecule has 0 aliphatic heterocycles. The molecule has 11 heteroatoms. The number of aromatic nitrogens is 2. The highest BCUT2D eigenvalue weighted by Crippen LogP contribution is 2.20. The van der Waals surface area contributed by atoms with E-state index in [9.17, 15) is 27.6 Å². The highest BCUT2D eigenvalue weighted by molar-refractivity contribution is 7.99. The molecular formula is C20H23F3N4O3S. The maximum Gasteiger partial charge on any atom is 0.450 e. The lowest BCUT2D eigenvalue weighted by Crippen LogP contribution is -2.49. The van der Waals surface area contributed by atoms with Crippen molar-refractivity contribution in [2.24, 2.45) is 5.73 Å². The Morgan fingerprint density at radius 2 is 1.90 bits per heavy atom. The molecule has 0 saturated carbocycles. The van der Waals surface area contributed by atoms with Gasteiger partial charge < -0.3 is 15.6 Å². The molecule has 1 aromatic carbocycles. The van der Waals surface area contributed by atoms with Crippen molar-refractivity contribution >= 4 is 29.4 Å².